The minimum Gasteiger partial charge on any atom is -0.480 e. The van der Waals surface area contributed by atoms with Crippen LogP contribution in [0.15, 0.2) is 18.7 Å². The van der Waals surface area contributed by atoms with Crippen molar-refractivity contribution in [3.05, 3.63) is 18.7 Å². The van der Waals surface area contributed by atoms with Crippen LogP contribution in [0.3, 0.4) is 0 Å². The summed E-state index contributed by atoms with van der Waals surface area (Å²) < 4.78 is 1.80. The van der Waals surface area contributed by atoms with Gasteiger partial charge in [-0.25, -0.2) is 14.6 Å². The number of amides is 2. The second-order valence-corrected chi connectivity index (χ2v) is 4.43. The lowest BCUT2D eigenvalue weighted by atomic mass is 10.2. The molecule has 1 aliphatic heterocycles. The van der Waals surface area contributed by atoms with Crippen molar-refractivity contribution in [2.75, 3.05) is 13.1 Å². The summed E-state index contributed by atoms with van der Waals surface area (Å²) in [6.45, 7) is 0.974. The van der Waals surface area contributed by atoms with Crippen LogP contribution in [-0.4, -0.2) is 61.9 Å². The molecule has 2 unspecified atom stereocenters. The van der Waals surface area contributed by atoms with Gasteiger partial charge in [0, 0.05) is 38.4 Å². The molecule has 0 radical (unpaired) electrons. The van der Waals surface area contributed by atoms with Gasteiger partial charge in [-0.1, -0.05) is 0 Å². The Kier molecular flexibility index (Phi) is 4.00. The van der Waals surface area contributed by atoms with E-state index in [4.69, 9.17) is 5.11 Å². The maximum Gasteiger partial charge on any atom is 0.326 e. The molecule has 1 saturated heterocycles. The van der Waals surface area contributed by atoms with Gasteiger partial charge in [0.05, 0.1) is 12.4 Å². The van der Waals surface area contributed by atoms with E-state index >= 15 is 0 Å². The molecule has 3 N–H and O–H groups in total. The minimum atomic E-state index is -1.10. The number of nitrogens with zero attached hydrogens (tertiary/aromatic N) is 3. The topological polar surface area (TPSA) is 108 Å². The summed E-state index contributed by atoms with van der Waals surface area (Å²) in [6, 6.07) is -1.42. The first kappa shape index (κ1) is 13.3. The van der Waals surface area contributed by atoms with Crippen molar-refractivity contribution in [3.63, 3.8) is 0 Å². The lowest BCUT2D eigenvalue weighted by molar-refractivity contribution is -0.141. The van der Waals surface area contributed by atoms with Crippen LogP contribution < -0.4 is 5.32 Å². The zero-order chi connectivity index (χ0) is 13.8. The van der Waals surface area contributed by atoms with E-state index in [0.717, 1.165) is 4.90 Å². The van der Waals surface area contributed by atoms with Crippen LogP contribution in [0.25, 0.3) is 0 Å². The number of urea groups is 1. The third-order valence-corrected chi connectivity index (χ3v) is 3.03. The van der Waals surface area contributed by atoms with Crippen LogP contribution in [0.4, 0.5) is 4.79 Å². The number of aliphatic hydroxyl groups is 1. The van der Waals surface area contributed by atoms with Crippen LogP contribution in [0.2, 0.25) is 0 Å². The van der Waals surface area contributed by atoms with Gasteiger partial charge in [-0.15, -0.1) is 0 Å². The average molecular weight is 268 g/mol. The normalized spacial score (nSPS) is 22.5. The number of likely N-dealkylation sites (tertiary alicyclic amines) is 1. The molecule has 2 heterocycles. The Morgan fingerprint density at radius 1 is 1.47 bits per heavy atom. The quantitative estimate of drug-likeness (QED) is 0.656. The molecule has 0 aliphatic carbocycles. The number of aromatic nitrogens is 2. The summed E-state index contributed by atoms with van der Waals surface area (Å²) in [5.74, 6) is -1.10. The number of carbonyl (C=O) groups excluding carboxylic acids is 1. The van der Waals surface area contributed by atoms with Crippen molar-refractivity contribution in [1.82, 2.24) is 19.8 Å². The summed E-state index contributed by atoms with van der Waals surface area (Å²) >= 11 is 0. The predicted molar refractivity (Wildman–Crippen MR) is 64.4 cm³/mol. The smallest absolute Gasteiger partial charge is 0.326 e. The first-order chi connectivity index (χ1) is 9.08. The molecule has 2 rings (SSSR count). The molecule has 1 fully saturated rings. The molecule has 0 spiro atoms. The number of carboxylic acids is 1. The van der Waals surface area contributed by atoms with Crippen LogP contribution in [0.5, 0.6) is 0 Å². The Bertz CT molecular complexity index is 448. The van der Waals surface area contributed by atoms with Crippen LogP contribution in [0.1, 0.15) is 6.42 Å². The maximum atomic E-state index is 11.8. The Morgan fingerprint density at radius 3 is 2.89 bits per heavy atom. The zero-order valence-electron chi connectivity index (χ0n) is 10.3. The Hall–Kier alpha value is -2.09. The number of hydrogen-bond acceptors (Lipinski definition) is 4. The van der Waals surface area contributed by atoms with E-state index < -0.39 is 24.1 Å². The second kappa shape index (κ2) is 5.70. The van der Waals surface area contributed by atoms with Crippen LogP contribution in [-0.2, 0) is 11.3 Å². The van der Waals surface area contributed by atoms with Gasteiger partial charge in [-0.3, -0.25) is 0 Å². The molecule has 0 saturated carbocycles. The Morgan fingerprint density at radius 2 is 2.26 bits per heavy atom. The molecule has 1 aromatic heterocycles. The highest BCUT2D eigenvalue weighted by Gasteiger charge is 2.38. The first-order valence-electron chi connectivity index (χ1n) is 5.99. The van der Waals surface area contributed by atoms with Crippen molar-refractivity contribution >= 4 is 12.0 Å². The van der Waals surface area contributed by atoms with E-state index in [1.807, 2.05) is 0 Å². The third kappa shape index (κ3) is 3.22. The van der Waals surface area contributed by atoms with Gasteiger partial charge >= 0.3 is 12.0 Å². The van der Waals surface area contributed by atoms with Gasteiger partial charge in [0.2, 0.25) is 0 Å². The van der Waals surface area contributed by atoms with Gasteiger partial charge in [-0.05, 0) is 0 Å². The Labute approximate surface area is 109 Å². The fourth-order valence-corrected chi connectivity index (χ4v) is 2.08. The molecule has 19 heavy (non-hydrogen) atoms. The number of carboxylic acid groups (broad SMARTS) is 1. The summed E-state index contributed by atoms with van der Waals surface area (Å²) in [5, 5.41) is 21.1. The van der Waals surface area contributed by atoms with E-state index in [1.54, 1.807) is 23.3 Å². The Balaban J connectivity index is 1.83. The SMILES string of the molecule is O=C(O)C1CC(O)CN1C(=O)NCCn1ccnc1. The predicted octanol–water partition coefficient (Wildman–Crippen LogP) is -0.887. The number of nitrogens with one attached hydrogen (secondary N) is 1. The number of β-amino-alcohol motifs (C(OH)–C–C–N with tert-alkyl or cyclic N) is 1. The lowest BCUT2D eigenvalue weighted by Gasteiger charge is -2.21. The molecule has 8 nitrogen and oxygen atoms in total. The molecule has 8 heteroatoms. The number of hydrogen-bond donors (Lipinski definition) is 3. The third-order valence-electron chi connectivity index (χ3n) is 3.03. The van der Waals surface area contributed by atoms with E-state index in [1.165, 1.54) is 0 Å². The van der Waals surface area contributed by atoms with Crippen molar-refractivity contribution in [1.29, 1.82) is 0 Å². The fourth-order valence-electron chi connectivity index (χ4n) is 2.08. The molecular weight excluding hydrogens is 252 g/mol. The van der Waals surface area contributed by atoms with E-state index in [0.29, 0.717) is 13.1 Å². The fraction of sp³-hybridized carbons (Fsp3) is 0.545. The second-order valence-electron chi connectivity index (χ2n) is 4.43. The minimum absolute atomic E-state index is 0.0495. The molecule has 0 bridgehead atoms. The van der Waals surface area contributed by atoms with Gasteiger partial charge in [-0.2, -0.15) is 0 Å². The number of rotatable bonds is 4. The highest BCUT2D eigenvalue weighted by molar-refractivity contribution is 5.83. The van der Waals surface area contributed by atoms with Gasteiger partial charge in [0.1, 0.15) is 6.04 Å². The molecule has 2 atom stereocenters. The molecule has 1 aromatic rings. The summed E-state index contributed by atoms with van der Waals surface area (Å²) in [7, 11) is 0. The summed E-state index contributed by atoms with van der Waals surface area (Å²) in [4.78, 5) is 27.9. The van der Waals surface area contributed by atoms with E-state index in [9.17, 15) is 14.7 Å². The van der Waals surface area contributed by atoms with Gasteiger partial charge in [0.25, 0.3) is 0 Å². The average Bonchev–Trinajstić information content (AvgIpc) is 2.98. The number of aliphatic carboxylic acids is 1. The van der Waals surface area contributed by atoms with Crippen molar-refractivity contribution in [2.45, 2.75) is 25.1 Å². The number of aliphatic hydroxyl groups excluding tert-OH is 1. The molecule has 104 valence electrons. The number of imidazole rings is 1. The van der Waals surface area contributed by atoms with Crippen LogP contribution in [0, 0.1) is 0 Å². The monoisotopic (exact) mass is 268 g/mol. The lowest BCUT2D eigenvalue weighted by Crippen LogP contribution is -2.46. The molecular formula is C11H16N4O4. The van der Waals surface area contributed by atoms with Gasteiger partial charge in [0.15, 0.2) is 0 Å². The largest absolute Gasteiger partial charge is 0.480 e. The standard InChI is InChI=1S/C11H16N4O4/c16-8-5-9(10(17)18)15(6-8)11(19)13-2-4-14-3-1-12-7-14/h1,3,7-9,16H,2,4-6H2,(H,13,19)(H,17,18). The summed E-state index contributed by atoms with van der Waals surface area (Å²) in [5.41, 5.74) is 0. The van der Waals surface area contributed by atoms with Crippen molar-refractivity contribution < 1.29 is 19.8 Å². The zero-order valence-corrected chi connectivity index (χ0v) is 10.3. The summed E-state index contributed by atoms with van der Waals surface area (Å²) in [6.07, 6.45) is 4.33. The van der Waals surface area contributed by atoms with Crippen LogP contribution >= 0.6 is 0 Å². The molecule has 2 amide bonds. The van der Waals surface area contributed by atoms with E-state index in [-0.39, 0.29) is 13.0 Å². The number of carbonyl (C=O) groups is 2. The van der Waals surface area contributed by atoms with Crippen molar-refractivity contribution in [2.24, 2.45) is 0 Å². The first-order valence-corrected chi connectivity index (χ1v) is 5.99. The van der Waals surface area contributed by atoms with E-state index in [2.05, 4.69) is 10.3 Å². The molecule has 0 aromatic carbocycles. The van der Waals surface area contributed by atoms with Gasteiger partial charge < -0.3 is 25.0 Å². The highest BCUT2D eigenvalue weighted by Crippen LogP contribution is 2.17. The molecule has 1 aliphatic rings. The highest BCUT2D eigenvalue weighted by atomic mass is 16.4. The maximum absolute atomic E-state index is 11.8. The van der Waals surface area contributed by atoms with Crippen molar-refractivity contribution in [3.8, 4) is 0 Å².